The highest BCUT2D eigenvalue weighted by Gasteiger charge is 2.41. The Bertz CT molecular complexity index is 1040. The van der Waals surface area contributed by atoms with Crippen molar-refractivity contribution in [3.8, 4) is 10.4 Å². The summed E-state index contributed by atoms with van der Waals surface area (Å²) < 4.78 is 40.5. The highest BCUT2D eigenvalue weighted by Crippen LogP contribution is 2.33. The maximum absolute atomic E-state index is 13.2. The fourth-order valence-corrected chi connectivity index (χ4v) is 6.16. The average Bonchev–Trinajstić information content (AvgIpc) is 3.28. The third kappa shape index (κ3) is 5.02. The van der Waals surface area contributed by atoms with Gasteiger partial charge in [0.2, 0.25) is 0 Å². The molecule has 1 aliphatic heterocycles. The van der Waals surface area contributed by atoms with E-state index in [-0.39, 0.29) is 37.0 Å². The number of thiophene rings is 1. The third-order valence-corrected chi connectivity index (χ3v) is 8.20. The number of hydrogen-bond donors (Lipinski definition) is 4. The van der Waals surface area contributed by atoms with E-state index < -0.39 is 33.8 Å². The van der Waals surface area contributed by atoms with Gasteiger partial charge in [0.05, 0.1) is 6.61 Å². The number of carbonyl (C=O) groups excluding carboxylic acids is 2. The van der Waals surface area contributed by atoms with Crippen molar-refractivity contribution < 1.29 is 32.7 Å². The van der Waals surface area contributed by atoms with Crippen LogP contribution in [0.5, 0.6) is 0 Å². The van der Waals surface area contributed by atoms with Crippen LogP contribution in [0.2, 0.25) is 0 Å². The number of aliphatic hydroxyl groups excluding tert-OH is 1. The molecule has 31 heavy (non-hydrogen) atoms. The van der Waals surface area contributed by atoms with Crippen molar-refractivity contribution in [2.75, 3.05) is 32.8 Å². The van der Waals surface area contributed by atoms with Crippen LogP contribution in [-0.4, -0.2) is 78.7 Å². The van der Waals surface area contributed by atoms with Crippen LogP contribution < -0.4 is 10.8 Å². The summed E-state index contributed by atoms with van der Waals surface area (Å²) in [4.78, 5) is 26.2. The Morgan fingerprint density at radius 2 is 1.87 bits per heavy atom. The average molecular weight is 473 g/mol. The van der Waals surface area contributed by atoms with E-state index in [1.54, 1.807) is 6.07 Å². The fourth-order valence-electron chi connectivity index (χ4n) is 3.14. The molecule has 2 heterocycles. The fraction of sp³-hybridized carbons (Fsp3) is 0.333. The number of piperazine rings is 1. The lowest BCUT2D eigenvalue weighted by Gasteiger charge is -2.38. The van der Waals surface area contributed by atoms with Gasteiger partial charge >= 0.3 is 6.03 Å². The number of aliphatic hydroxyl groups is 1. The number of sulfonamides is 1. The molecule has 1 aromatic carbocycles. The second kappa shape index (κ2) is 9.70. The number of benzene rings is 1. The maximum atomic E-state index is 13.2. The van der Waals surface area contributed by atoms with Crippen LogP contribution in [-0.2, 0) is 14.8 Å². The molecule has 0 bridgehead atoms. The Morgan fingerprint density at radius 1 is 1.16 bits per heavy atom. The molecule has 0 aliphatic carbocycles. The molecule has 13 heteroatoms. The molecule has 168 valence electrons. The van der Waals surface area contributed by atoms with Gasteiger partial charge in [0.25, 0.3) is 15.9 Å². The molecule has 1 aromatic heterocycles. The molecule has 10 nitrogen and oxygen atoms in total. The largest absolute Gasteiger partial charge is 0.395 e. The van der Waals surface area contributed by atoms with Crippen LogP contribution >= 0.6 is 11.3 Å². The summed E-state index contributed by atoms with van der Waals surface area (Å²) in [5, 5.41) is 20.4. The van der Waals surface area contributed by atoms with E-state index >= 15 is 0 Å². The topological polar surface area (TPSA) is 139 Å². The summed E-state index contributed by atoms with van der Waals surface area (Å²) in [6.07, 6.45) is 0. The Morgan fingerprint density at radius 3 is 2.52 bits per heavy atom. The van der Waals surface area contributed by atoms with E-state index in [1.165, 1.54) is 40.7 Å². The predicted molar refractivity (Wildman–Crippen MR) is 109 cm³/mol. The molecule has 4 N–H and O–H groups in total. The summed E-state index contributed by atoms with van der Waals surface area (Å²) >= 11 is 0.965. The smallest absolute Gasteiger partial charge is 0.317 e. The molecule has 3 amide bonds. The first kappa shape index (κ1) is 23.1. The molecule has 1 aliphatic rings. The van der Waals surface area contributed by atoms with Crippen molar-refractivity contribution in [3.63, 3.8) is 0 Å². The van der Waals surface area contributed by atoms with Crippen molar-refractivity contribution in [2.45, 2.75) is 10.3 Å². The van der Waals surface area contributed by atoms with Gasteiger partial charge in [-0.15, -0.1) is 11.3 Å². The standard InChI is InChI=1S/C18H21FN4O6S2/c19-13-3-1-12(2-4-13)15-5-6-16(30-15)31(28,29)23-9-8-22(18(26)20-7-10-24)11-14(23)17(25)21-27/h1-6,14,24,27H,7-11H2,(H,20,26)(H,21,25)/t14-/m1/s1. The lowest BCUT2D eigenvalue weighted by atomic mass is 10.2. The summed E-state index contributed by atoms with van der Waals surface area (Å²) in [6.45, 7) is -0.692. The van der Waals surface area contributed by atoms with Gasteiger partial charge in [0.15, 0.2) is 0 Å². The lowest BCUT2D eigenvalue weighted by Crippen LogP contribution is -2.62. The molecule has 0 saturated carbocycles. The minimum atomic E-state index is -4.12. The lowest BCUT2D eigenvalue weighted by molar-refractivity contribution is -0.134. The SMILES string of the molecule is O=C(NO)[C@H]1CN(C(=O)NCCO)CCN1S(=O)(=O)c1ccc(-c2ccc(F)cc2)s1. The van der Waals surface area contributed by atoms with Crippen LogP contribution in [0.3, 0.4) is 0 Å². The van der Waals surface area contributed by atoms with Crippen LogP contribution in [0.15, 0.2) is 40.6 Å². The number of nitrogens with zero attached hydrogens (tertiary/aromatic N) is 2. The number of nitrogens with one attached hydrogen (secondary N) is 2. The van der Waals surface area contributed by atoms with Gasteiger partial charge in [-0.25, -0.2) is 23.1 Å². The molecule has 1 fully saturated rings. The van der Waals surface area contributed by atoms with E-state index in [0.29, 0.717) is 10.4 Å². The minimum Gasteiger partial charge on any atom is -0.395 e. The van der Waals surface area contributed by atoms with Crippen LogP contribution in [0.1, 0.15) is 0 Å². The van der Waals surface area contributed by atoms with Gasteiger partial charge in [0, 0.05) is 31.1 Å². The molecule has 1 saturated heterocycles. The summed E-state index contributed by atoms with van der Waals surface area (Å²) in [5.74, 6) is -1.38. The molecular weight excluding hydrogens is 451 g/mol. The first-order valence-electron chi connectivity index (χ1n) is 9.23. The Kier molecular flexibility index (Phi) is 7.23. The van der Waals surface area contributed by atoms with Crippen LogP contribution in [0.25, 0.3) is 10.4 Å². The van der Waals surface area contributed by atoms with E-state index in [2.05, 4.69) is 5.32 Å². The van der Waals surface area contributed by atoms with Crippen molar-refractivity contribution in [3.05, 3.63) is 42.2 Å². The molecular formula is C18H21FN4O6S2. The monoisotopic (exact) mass is 472 g/mol. The number of urea groups is 1. The molecule has 2 aromatic rings. The van der Waals surface area contributed by atoms with Gasteiger partial charge in [0.1, 0.15) is 16.1 Å². The van der Waals surface area contributed by atoms with E-state index in [4.69, 9.17) is 10.3 Å². The van der Waals surface area contributed by atoms with Gasteiger partial charge in [-0.2, -0.15) is 4.31 Å². The Balaban J connectivity index is 1.84. The van der Waals surface area contributed by atoms with Gasteiger partial charge in [-0.05, 0) is 29.8 Å². The zero-order chi connectivity index (χ0) is 22.6. The normalized spacial score (nSPS) is 17.4. The van der Waals surface area contributed by atoms with E-state index in [0.717, 1.165) is 15.6 Å². The summed E-state index contributed by atoms with van der Waals surface area (Å²) in [7, 11) is -4.12. The number of halogens is 1. The van der Waals surface area contributed by atoms with Gasteiger partial charge in [-0.1, -0.05) is 12.1 Å². The summed E-state index contributed by atoms with van der Waals surface area (Å²) in [5.41, 5.74) is 2.09. The number of carbonyl (C=O) groups is 2. The molecule has 0 spiro atoms. The van der Waals surface area contributed by atoms with Crippen molar-refractivity contribution in [1.82, 2.24) is 20.0 Å². The number of rotatable bonds is 6. The number of hydrogen-bond acceptors (Lipinski definition) is 7. The number of hydroxylamine groups is 1. The molecule has 0 radical (unpaired) electrons. The molecule has 0 unspecified atom stereocenters. The van der Waals surface area contributed by atoms with E-state index in [1.807, 2.05) is 0 Å². The third-order valence-electron chi connectivity index (χ3n) is 4.69. The summed E-state index contributed by atoms with van der Waals surface area (Å²) in [6, 6.07) is 6.68. The van der Waals surface area contributed by atoms with E-state index in [9.17, 15) is 22.4 Å². The zero-order valence-electron chi connectivity index (χ0n) is 16.2. The highest BCUT2D eigenvalue weighted by molar-refractivity contribution is 7.91. The van der Waals surface area contributed by atoms with Crippen LogP contribution in [0, 0.1) is 5.82 Å². The minimum absolute atomic E-state index is 0.00949. The quantitative estimate of drug-likeness (QED) is 0.355. The molecule has 1 atom stereocenters. The van der Waals surface area contributed by atoms with Gasteiger partial charge < -0.3 is 15.3 Å². The Hall–Kier alpha value is -2.58. The zero-order valence-corrected chi connectivity index (χ0v) is 17.8. The highest BCUT2D eigenvalue weighted by atomic mass is 32.2. The second-order valence-electron chi connectivity index (χ2n) is 6.63. The predicted octanol–water partition coefficient (Wildman–Crippen LogP) is 0.436. The first-order chi connectivity index (χ1) is 14.8. The Labute approximate surface area is 181 Å². The van der Waals surface area contributed by atoms with Crippen molar-refractivity contribution in [1.29, 1.82) is 0 Å². The maximum Gasteiger partial charge on any atom is 0.317 e. The van der Waals surface area contributed by atoms with Crippen molar-refractivity contribution >= 4 is 33.3 Å². The second-order valence-corrected chi connectivity index (χ2v) is 9.84. The van der Waals surface area contributed by atoms with Crippen LogP contribution in [0.4, 0.5) is 9.18 Å². The number of amides is 3. The molecule has 3 rings (SSSR count). The van der Waals surface area contributed by atoms with Gasteiger partial charge in [-0.3, -0.25) is 10.0 Å². The van der Waals surface area contributed by atoms with Crippen molar-refractivity contribution in [2.24, 2.45) is 0 Å². The first-order valence-corrected chi connectivity index (χ1v) is 11.5.